The number of nitriles is 1. The van der Waals surface area contributed by atoms with E-state index in [1.807, 2.05) is 12.1 Å². The third kappa shape index (κ3) is 4.21. The van der Waals surface area contributed by atoms with Crippen LogP contribution in [-0.2, 0) is 22.5 Å². The van der Waals surface area contributed by atoms with Crippen molar-refractivity contribution in [2.75, 3.05) is 42.3 Å². The van der Waals surface area contributed by atoms with E-state index in [0.717, 1.165) is 5.56 Å². The summed E-state index contributed by atoms with van der Waals surface area (Å²) < 4.78 is 5.15. The molecule has 4 rings (SSSR count). The van der Waals surface area contributed by atoms with Gasteiger partial charge in [-0.2, -0.15) is 5.26 Å². The highest BCUT2D eigenvalue weighted by atomic mass is 16.5. The van der Waals surface area contributed by atoms with Crippen molar-refractivity contribution in [1.29, 1.82) is 5.26 Å². The number of nitrogens with one attached hydrogen (secondary N) is 1. The smallest absolute Gasteiger partial charge is 0.328 e. The Hall–Kier alpha value is -4.04. The van der Waals surface area contributed by atoms with Crippen LogP contribution in [0.4, 0.5) is 22.1 Å². The molecule has 0 atom stereocenters. The molecular formula is C21H21N7O4. The van der Waals surface area contributed by atoms with Gasteiger partial charge < -0.3 is 15.4 Å². The molecule has 2 aromatic rings. The van der Waals surface area contributed by atoms with E-state index in [2.05, 4.69) is 15.3 Å². The average molecular weight is 435 g/mol. The van der Waals surface area contributed by atoms with E-state index in [4.69, 9.17) is 15.7 Å². The Morgan fingerprint density at radius 2 is 2.22 bits per heavy atom. The first kappa shape index (κ1) is 21.2. The highest BCUT2D eigenvalue weighted by Crippen LogP contribution is 2.28. The van der Waals surface area contributed by atoms with Gasteiger partial charge >= 0.3 is 6.03 Å². The highest BCUT2D eigenvalue weighted by molar-refractivity contribution is 6.01. The van der Waals surface area contributed by atoms with Crippen molar-refractivity contribution in [3.8, 4) is 6.07 Å². The van der Waals surface area contributed by atoms with E-state index in [1.54, 1.807) is 4.90 Å². The van der Waals surface area contributed by atoms with Crippen LogP contribution in [-0.4, -0.2) is 59.4 Å². The van der Waals surface area contributed by atoms with E-state index in [-0.39, 0.29) is 41.8 Å². The number of nitrogens with two attached hydrogens (primary N) is 1. The summed E-state index contributed by atoms with van der Waals surface area (Å²) in [7, 11) is 0. The van der Waals surface area contributed by atoms with Gasteiger partial charge in [0, 0.05) is 37.5 Å². The number of aryl methyl sites for hydroxylation is 1. The normalized spacial score (nSPS) is 15.7. The summed E-state index contributed by atoms with van der Waals surface area (Å²) in [6.07, 6.45) is 3.32. The van der Waals surface area contributed by atoms with Gasteiger partial charge in [0.1, 0.15) is 30.0 Å². The molecule has 11 heteroatoms. The topological polar surface area (TPSA) is 155 Å². The van der Waals surface area contributed by atoms with Gasteiger partial charge in [-0.05, 0) is 24.5 Å². The Morgan fingerprint density at radius 3 is 2.94 bits per heavy atom. The second-order valence-corrected chi connectivity index (χ2v) is 7.46. The number of pyridine rings is 2. The minimum atomic E-state index is -0.469. The van der Waals surface area contributed by atoms with E-state index < -0.39 is 6.03 Å². The molecule has 0 radical (unpaired) electrons. The number of nitrogen functional groups attached to an aromatic ring is 1. The van der Waals surface area contributed by atoms with Crippen LogP contribution in [0.25, 0.3) is 0 Å². The Balaban J connectivity index is 1.58. The van der Waals surface area contributed by atoms with Gasteiger partial charge in [0.2, 0.25) is 5.91 Å². The minimum Gasteiger partial charge on any atom is -0.398 e. The fraction of sp³-hybridized carbons (Fsp3) is 0.333. The van der Waals surface area contributed by atoms with Crippen LogP contribution < -0.4 is 16.0 Å². The van der Waals surface area contributed by atoms with Crippen molar-refractivity contribution in [2.45, 2.75) is 19.4 Å². The molecule has 3 amide bonds. The number of aldehydes is 1. The Morgan fingerprint density at radius 1 is 1.38 bits per heavy atom. The molecule has 0 aromatic carbocycles. The molecule has 3 N–H and O–H groups in total. The molecule has 0 aliphatic carbocycles. The Kier molecular flexibility index (Phi) is 5.96. The van der Waals surface area contributed by atoms with E-state index >= 15 is 0 Å². The third-order valence-corrected chi connectivity index (χ3v) is 5.37. The van der Waals surface area contributed by atoms with E-state index in [9.17, 15) is 14.4 Å². The largest absolute Gasteiger partial charge is 0.398 e. The van der Waals surface area contributed by atoms with E-state index in [1.165, 1.54) is 17.2 Å². The second kappa shape index (κ2) is 8.99. The highest BCUT2D eigenvalue weighted by Gasteiger charge is 2.27. The minimum absolute atomic E-state index is 0.0244. The summed E-state index contributed by atoms with van der Waals surface area (Å²) in [5, 5.41) is 11.6. The monoisotopic (exact) mass is 435 g/mol. The lowest BCUT2D eigenvalue weighted by Gasteiger charge is -2.30. The van der Waals surface area contributed by atoms with Crippen LogP contribution in [0.5, 0.6) is 0 Å². The molecule has 164 valence electrons. The standard InChI is InChI=1S/C21H21N7O4/c22-8-15-9-24-18(7-16(15)23)26-21(31)28-3-1-2-13-6-14(17(11-29)25-20(13)28)10-27-4-5-32-12-19(27)30/h6-7,9,11H,1-5,10,12H2,(H3,23,24,26,31). The molecule has 0 unspecified atom stereocenters. The number of urea groups is 1. The summed E-state index contributed by atoms with van der Waals surface area (Å²) in [6, 6.07) is 4.70. The molecule has 1 saturated heterocycles. The van der Waals surface area contributed by atoms with Crippen molar-refractivity contribution in [1.82, 2.24) is 14.9 Å². The Bertz CT molecular complexity index is 1130. The zero-order chi connectivity index (χ0) is 22.7. The molecule has 32 heavy (non-hydrogen) atoms. The van der Waals surface area contributed by atoms with Gasteiger partial charge in [-0.3, -0.25) is 19.8 Å². The third-order valence-electron chi connectivity index (χ3n) is 5.37. The van der Waals surface area contributed by atoms with Gasteiger partial charge in [0.05, 0.1) is 17.9 Å². The number of nitrogens with zero attached hydrogens (tertiary/aromatic N) is 5. The Labute approximate surface area is 183 Å². The van der Waals surface area contributed by atoms with E-state index in [0.29, 0.717) is 50.2 Å². The quantitative estimate of drug-likeness (QED) is 0.676. The number of amides is 3. The summed E-state index contributed by atoms with van der Waals surface area (Å²) in [5.41, 5.74) is 7.86. The average Bonchev–Trinajstić information content (AvgIpc) is 2.79. The predicted molar refractivity (Wildman–Crippen MR) is 114 cm³/mol. The van der Waals surface area contributed by atoms with Crippen LogP contribution in [0.15, 0.2) is 18.3 Å². The lowest BCUT2D eigenvalue weighted by atomic mass is 10.0. The maximum absolute atomic E-state index is 12.9. The number of fused-ring (bicyclic) bond motifs is 1. The van der Waals surface area contributed by atoms with Gasteiger partial charge in [0.25, 0.3) is 0 Å². The fourth-order valence-electron chi connectivity index (χ4n) is 3.72. The molecule has 2 aliphatic heterocycles. The maximum atomic E-state index is 12.9. The zero-order valence-electron chi connectivity index (χ0n) is 17.2. The van der Waals surface area contributed by atoms with Gasteiger partial charge in [-0.15, -0.1) is 0 Å². The molecule has 2 aromatic heterocycles. The molecule has 0 bridgehead atoms. The molecule has 4 heterocycles. The SMILES string of the molecule is N#Cc1cnc(NC(=O)N2CCCc3cc(CN4CCOCC4=O)c(C=O)nc32)cc1N. The van der Waals surface area contributed by atoms with Crippen molar-refractivity contribution < 1.29 is 19.1 Å². The zero-order valence-corrected chi connectivity index (χ0v) is 17.2. The fourth-order valence-corrected chi connectivity index (χ4v) is 3.72. The number of hydrogen-bond donors (Lipinski definition) is 2. The summed E-state index contributed by atoms with van der Waals surface area (Å²) in [6.45, 7) is 1.59. The van der Waals surface area contributed by atoms with Crippen molar-refractivity contribution in [2.24, 2.45) is 0 Å². The van der Waals surface area contributed by atoms with Crippen molar-refractivity contribution in [3.05, 3.63) is 40.7 Å². The second-order valence-electron chi connectivity index (χ2n) is 7.46. The summed E-state index contributed by atoms with van der Waals surface area (Å²) in [5.74, 6) is 0.465. The lowest BCUT2D eigenvalue weighted by molar-refractivity contribution is -0.143. The van der Waals surface area contributed by atoms with Crippen molar-refractivity contribution >= 4 is 35.5 Å². The van der Waals surface area contributed by atoms with Crippen LogP contribution >= 0.6 is 0 Å². The molecule has 2 aliphatic rings. The van der Waals surface area contributed by atoms with Crippen LogP contribution in [0.1, 0.15) is 33.6 Å². The number of anilines is 3. The van der Waals surface area contributed by atoms with Gasteiger partial charge in [-0.1, -0.05) is 0 Å². The molecule has 0 spiro atoms. The van der Waals surface area contributed by atoms with Crippen LogP contribution in [0, 0.1) is 11.3 Å². The van der Waals surface area contributed by atoms with Crippen molar-refractivity contribution in [3.63, 3.8) is 0 Å². The molecule has 1 fully saturated rings. The summed E-state index contributed by atoms with van der Waals surface area (Å²) >= 11 is 0. The molecular weight excluding hydrogens is 414 g/mol. The number of hydrogen-bond acceptors (Lipinski definition) is 8. The van der Waals surface area contributed by atoms with Crippen LogP contribution in [0.3, 0.4) is 0 Å². The number of ether oxygens (including phenoxy) is 1. The number of morpholine rings is 1. The number of rotatable bonds is 4. The first-order valence-electron chi connectivity index (χ1n) is 10.1. The molecule has 0 saturated carbocycles. The maximum Gasteiger partial charge on any atom is 0.328 e. The van der Waals surface area contributed by atoms with Gasteiger partial charge in [-0.25, -0.2) is 14.8 Å². The number of carbonyl (C=O) groups excluding carboxylic acids is 3. The summed E-state index contributed by atoms with van der Waals surface area (Å²) in [4.78, 5) is 48.3. The number of carbonyl (C=O) groups is 3. The predicted octanol–water partition coefficient (Wildman–Crippen LogP) is 1.09. The van der Waals surface area contributed by atoms with Gasteiger partial charge in [0.15, 0.2) is 6.29 Å². The molecule has 11 nitrogen and oxygen atoms in total. The first-order valence-corrected chi connectivity index (χ1v) is 10.1. The number of aromatic nitrogens is 2. The first-order chi connectivity index (χ1) is 15.5. The van der Waals surface area contributed by atoms with Crippen LogP contribution in [0.2, 0.25) is 0 Å². The lowest BCUT2D eigenvalue weighted by Crippen LogP contribution is -2.42.